The van der Waals surface area contributed by atoms with Crippen molar-refractivity contribution in [1.29, 1.82) is 0 Å². The summed E-state index contributed by atoms with van der Waals surface area (Å²) in [5.74, 6) is -10.6. The number of aliphatic hydroxyl groups excluding tert-OH is 2. The fourth-order valence-electron chi connectivity index (χ4n) is 5.23. The molecule has 49 heavy (non-hydrogen) atoms. The summed E-state index contributed by atoms with van der Waals surface area (Å²) in [4.78, 5) is 75.4. The van der Waals surface area contributed by atoms with Crippen LogP contribution in [-0.4, -0.2) is 69.3 Å². The molecule has 3 heterocycles. The Bertz CT molecular complexity index is 1610. The SMILES string of the molecule is C/C=C/C(C)=C/C=C1C(=O)OC2(CCC3(CC2)OC(=O)C(=CC=C(C)C=CC2=C(O)OC(C)(CCC(=O)C(C)O)OC2=O)C(=O)O3)OC1=O. The first-order valence-corrected chi connectivity index (χ1v) is 15.6. The number of carbonyl (C=O) groups is 6. The zero-order valence-electron chi connectivity index (χ0n) is 27.7. The summed E-state index contributed by atoms with van der Waals surface area (Å²) in [5, 5.41) is 19.7. The lowest BCUT2D eigenvalue weighted by atomic mass is 9.87. The van der Waals surface area contributed by atoms with Crippen LogP contribution in [0.2, 0.25) is 0 Å². The van der Waals surface area contributed by atoms with Crippen molar-refractivity contribution in [2.45, 2.75) is 96.6 Å². The number of Topliss-reactive ketones (excluding diaryl/α,β-unsaturated/α-hetero) is 1. The molecule has 0 radical (unpaired) electrons. The fourth-order valence-corrected chi connectivity index (χ4v) is 5.23. The number of cyclic esters (lactones) is 1. The number of ketones is 1. The van der Waals surface area contributed by atoms with Crippen molar-refractivity contribution in [3.8, 4) is 0 Å². The summed E-state index contributed by atoms with van der Waals surface area (Å²) < 4.78 is 32.6. The first-order valence-electron chi connectivity index (χ1n) is 15.6. The van der Waals surface area contributed by atoms with Gasteiger partial charge in [-0.2, -0.15) is 0 Å². The van der Waals surface area contributed by atoms with Crippen LogP contribution >= 0.6 is 0 Å². The van der Waals surface area contributed by atoms with Crippen LogP contribution in [0.15, 0.2) is 82.4 Å². The maximum absolute atomic E-state index is 12.9. The minimum Gasteiger partial charge on any atom is -0.480 e. The number of hydrogen-bond donors (Lipinski definition) is 2. The largest absolute Gasteiger partial charge is 0.480 e. The monoisotopic (exact) mass is 682 g/mol. The van der Waals surface area contributed by atoms with Crippen LogP contribution in [0.25, 0.3) is 0 Å². The number of allylic oxidation sites excluding steroid dienone is 9. The lowest BCUT2D eigenvalue weighted by Crippen LogP contribution is -2.56. The van der Waals surface area contributed by atoms with Crippen molar-refractivity contribution in [2.24, 2.45) is 0 Å². The van der Waals surface area contributed by atoms with Crippen LogP contribution in [0.4, 0.5) is 0 Å². The second-order valence-electron chi connectivity index (χ2n) is 12.2. The first-order chi connectivity index (χ1) is 23.0. The molecule has 262 valence electrons. The maximum atomic E-state index is 12.9. The first kappa shape index (κ1) is 36.6. The Morgan fingerprint density at radius 3 is 1.61 bits per heavy atom. The second-order valence-corrected chi connectivity index (χ2v) is 12.2. The van der Waals surface area contributed by atoms with Gasteiger partial charge in [-0.25, -0.2) is 24.0 Å². The summed E-state index contributed by atoms with van der Waals surface area (Å²) in [6.45, 7) is 7.89. The molecule has 0 amide bonds. The number of carbonyl (C=O) groups excluding carboxylic acids is 6. The number of ether oxygens (including phenoxy) is 6. The summed E-state index contributed by atoms with van der Waals surface area (Å²) in [7, 11) is 0. The average Bonchev–Trinajstić information content (AvgIpc) is 3.00. The fraction of sp³-hybridized carbons (Fsp3) is 0.429. The van der Waals surface area contributed by atoms with E-state index >= 15 is 0 Å². The van der Waals surface area contributed by atoms with Gasteiger partial charge in [0.05, 0.1) is 0 Å². The molecule has 2 spiro atoms. The van der Waals surface area contributed by atoms with Gasteiger partial charge in [0.1, 0.15) is 22.8 Å². The molecule has 2 N–H and O–H groups in total. The molecule has 2 atom stereocenters. The molecule has 4 aliphatic rings. The summed E-state index contributed by atoms with van der Waals surface area (Å²) >= 11 is 0. The molecule has 4 rings (SSSR count). The van der Waals surface area contributed by atoms with E-state index in [4.69, 9.17) is 28.4 Å². The second kappa shape index (κ2) is 14.5. The van der Waals surface area contributed by atoms with Crippen LogP contribution in [0.1, 0.15) is 73.1 Å². The molecular formula is C35H38O14. The highest BCUT2D eigenvalue weighted by molar-refractivity contribution is 6.16. The zero-order chi connectivity index (χ0) is 36.1. The third-order valence-corrected chi connectivity index (χ3v) is 8.10. The third-order valence-electron chi connectivity index (χ3n) is 8.10. The van der Waals surface area contributed by atoms with E-state index in [0.29, 0.717) is 5.57 Å². The van der Waals surface area contributed by atoms with Crippen molar-refractivity contribution in [1.82, 2.24) is 0 Å². The average molecular weight is 683 g/mol. The van der Waals surface area contributed by atoms with Gasteiger partial charge in [0.15, 0.2) is 5.78 Å². The molecular weight excluding hydrogens is 644 g/mol. The van der Waals surface area contributed by atoms with Crippen molar-refractivity contribution in [3.63, 3.8) is 0 Å². The van der Waals surface area contributed by atoms with E-state index < -0.39 is 70.6 Å². The molecule has 1 saturated carbocycles. The predicted molar refractivity (Wildman–Crippen MR) is 167 cm³/mol. The predicted octanol–water partition coefficient (Wildman–Crippen LogP) is 3.82. The Morgan fingerprint density at radius 1 is 0.755 bits per heavy atom. The third kappa shape index (κ3) is 8.62. The van der Waals surface area contributed by atoms with E-state index in [1.54, 1.807) is 32.1 Å². The number of hydrogen-bond acceptors (Lipinski definition) is 14. The summed E-state index contributed by atoms with van der Waals surface area (Å²) in [6.07, 6.45) is 9.86. The highest BCUT2D eigenvalue weighted by Crippen LogP contribution is 2.45. The van der Waals surface area contributed by atoms with Gasteiger partial charge in [-0.15, -0.1) is 0 Å². The topological polar surface area (TPSA) is 198 Å². The van der Waals surface area contributed by atoms with Crippen LogP contribution in [0, 0.1) is 0 Å². The van der Waals surface area contributed by atoms with E-state index in [2.05, 4.69) is 0 Å². The Hall–Kier alpha value is -5.24. The summed E-state index contributed by atoms with van der Waals surface area (Å²) in [6, 6.07) is 0. The zero-order valence-corrected chi connectivity index (χ0v) is 27.7. The smallest absolute Gasteiger partial charge is 0.348 e. The highest BCUT2D eigenvalue weighted by atomic mass is 16.8. The van der Waals surface area contributed by atoms with E-state index in [0.717, 1.165) is 5.57 Å². The molecule has 2 unspecified atom stereocenters. The molecule has 1 aliphatic carbocycles. The van der Waals surface area contributed by atoms with Gasteiger partial charge in [0.2, 0.25) is 0 Å². The minimum atomic E-state index is -1.64. The van der Waals surface area contributed by atoms with E-state index in [9.17, 15) is 39.0 Å². The van der Waals surface area contributed by atoms with Crippen LogP contribution in [-0.2, 0) is 57.2 Å². The molecule has 0 aromatic carbocycles. The molecule has 0 aromatic heterocycles. The van der Waals surface area contributed by atoms with Crippen LogP contribution in [0.3, 0.4) is 0 Å². The van der Waals surface area contributed by atoms with Crippen molar-refractivity contribution < 1.29 is 67.4 Å². The molecule has 3 fully saturated rings. The van der Waals surface area contributed by atoms with Crippen molar-refractivity contribution >= 4 is 35.6 Å². The van der Waals surface area contributed by atoms with Gasteiger partial charge in [-0.05, 0) is 45.9 Å². The van der Waals surface area contributed by atoms with Gasteiger partial charge < -0.3 is 38.6 Å². The van der Waals surface area contributed by atoms with Gasteiger partial charge in [0, 0.05) is 45.4 Å². The van der Waals surface area contributed by atoms with E-state index in [1.807, 2.05) is 6.92 Å². The molecule has 14 heteroatoms. The quantitative estimate of drug-likeness (QED) is 0.117. The lowest BCUT2D eigenvalue weighted by Gasteiger charge is -2.46. The molecule has 0 aromatic rings. The number of esters is 5. The van der Waals surface area contributed by atoms with Crippen molar-refractivity contribution in [2.75, 3.05) is 0 Å². The van der Waals surface area contributed by atoms with Crippen molar-refractivity contribution in [3.05, 3.63) is 82.4 Å². The maximum Gasteiger partial charge on any atom is 0.348 e. The van der Waals surface area contributed by atoms with Gasteiger partial charge in [0.25, 0.3) is 23.3 Å². The Morgan fingerprint density at radius 2 is 1.20 bits per heavy atom. The van der Waals surface area contributed by atoms with E-state index in [1.165, 1.54) is 44.2 Å². The molecule has 3 aliphatic heterocycles. The molecule has 0 bridgehead atoms. The Labute approximate surface area is 282 Å². The van der Waals surface area contributed by atoms with Crippen LogP contribution in [0.5, 0.6) is 0 Å². The van der Waals surface area contributed by atoms with E-state index in [-0.39, 0.29) is 49.7 Å². The number of aliphatic hydroxyl groups is 2. The molecule has 2 saturated heterocycles. The Kier molecular flexibility index (Phi) is 10.8. The molecule has 14 nitrogen and oxygen atoms in total. The van der Waals surface area contributed by atoms with Crippen LogP contribution < -0.4 is 0 Å². The Balaban J connectivity index is 1.36. The highest BCUT2D eigenvalue weighted by Gasteiger charge is 2.56. The lowest BCUT2D eigenvalue weighted by molar-refractivity contribution is -0.291. The summed E-state index contributed by atoms with van der Waals surface area (Å²) in [5.41, 5.74) is 0.248. The van der Waals surface area contributed by atoms with Gasteiger partial charge >= 0.3 is 29.8 Å². The standard InChI is InChI=1S/C35H38O14/c1-6-7-20(2)8-11-24-29(40)46-34(47-30(24)41)16-18-35(19-17-34)48-31(42)25(32(43)49-35)13-10-21(3)9-12-23-27(38)44-33(5,45-28(23)39)15-14-26(37)22(4)36/h6-13,22,36,38H,14-19H2,1-5H3/b7-6+,12-9?,20-8+,21-10?,24-11?,25-13?. The minimum absolute atomic E-state index is 0.0808. The number of rotatable bonds is 9. The van der Waals surface area contributed by atoms with Gasteiger partial charge in [-0.3, -0.25) is 4.79 Å². The van der Waals surface area contributed by atoms with Gasteiger partial charge in [-0.1, -0.05) is 41.5 Å². The normalized spacial score (nSPS) is 28.7.